The van der Waals surface area contributed by atoms with Crippen LogP contribution in [-0.4, -0.2) is 64.0 Å². The minimum absolute atomic E-state index is 0.0771. The van der Waals surface area contributed by atoms with Gasteiger partial charge in [-0.2, -0.15) is 10.2 Å². The van der Waals surface area contributed by atoms with Crippen molar-refractivity contribution in [2.75, 3.05) is 25.3 Å². The average Bonchev–Trinajstić information content (AvgIpc) is 2.90. The highest BCUT2D eigenvalue weighted by Crippen LogP contribution is 2.30. The first kappa shape index (κ1) is 20.0. The summed E-state index contributed by atoms with van der Waals surface area (Å²) in [7, 11) is 0. The standard InChI is InChI=1S/C15H20N4O7/c1-9(21)17-11-3-5-19(15(23)18-11)14-13(12(22)10(7-20)26-14)25-8-24-6-2-4-16/h3,5,10,12-14,20,22H,2,6-8H2,1H3,(H,17,18,21,23)/t10?,12-,13?,14?/m0/s1. The molecule has 11 nitrogen and oxygen atoms in total. The third-order valence-corrected chi connectivity index (χ3v) is 3.60. The highest BCUT2D eigenvalue weighted by molar-refractivity contribution is 5.87. The molecule has 142 valence electrons. The lowest BCUT2D eigenvalue weighted by atomic mass is 10.1. The fourth-order valence-electron chi connectivity index (χ4n) is 2.43. The molecule has 0 bridgehead atoms. The van der Waals surface area contributed by atoms with Gasteiger partial charge in [-0.05, 0) is 6.07 Å². The van der Waals surface area contributed by atoms with Crippen molar-refractivity contribution in [3.8, 4) is 6.07 Å². The van der Waals surface area contributed by atoms with Crippen LogP contribution < -0.4 is 11.0 Å². The molecule has 4 atom stereocenters. The Morgan fingerprint density at radius 3 is 2.96 bits per heavy atom. The zero-order valence-electron chi connectivity index (χ0n) is 14.1. The van der Waals surface area contributed by atoms with Crippen LogP contribution in [-0.2, 0) is 19.0 Å². The number of nitriles is 1. The minimum Gasteiger partial charge on any atom is -0.394 e. The predicted octanol–water partition coefficient (Wildman–Crippen LogP) is -1.27. The number of nitrogens with zero attached hydrogens (tertiary/aromatic N) is 3. The second-order valence-corrected chi connectivity index (χ2v) is 5.49. The fraction of sp³-hybridized carbons (Fsp3) is 0.600. The van der Waals surface area contributed by atoms with E-state index in [1.54, 1.807) is 0 Å². The van der Waals surface area contributed by atoms with Crippen LogP contribution in [0.5, 0.6) is 0 Å². The maximum atomic E-state index is 12.2. The Balaban J connectivity index is 2.14. The maximum Gasteiger partial charge on any atom is 0.351 e. The van der Waals surface area contributed by atoms with Gasteiger partial charge in [-0.15, -0.1) is 0 Å². The predicted molar refractivity (Wildman–Crippen MR) is 85.7 cm³/mol. The number of rotatable bonds is 8. The zero-order chi connectivity index (χ0) is 19.1. The summed E-state index contributed by atoms with van der Waals surface area (Å²) >= 11 is 0. The Morgan fingerprint density at radius 1 is 1.58 bits per heavy atom. The Labute approximate surface area is 148 Å². The van der Waals surface area contributed by atoms with Crippen molar-refractivity contribution in [3.05, 3.63) is 22.7 Å². The van der Waals surface area contributed by atoms with E-state index in [2.05, 4.69) is 10.3 Å². The zero-order valence-corrected chi connectivity index (χ0v) is 14.1. The van der Waals surface area contributed by atoms with Crippen LogP contribution >= 0.6 is 0 Å². The van der Waals surface area contributed by atoms with Crippen molar-refractivity contribution >= 4 is 11.7 Å². The molecule has 0 aromatic carbocycles. The van der Waals surface area contributed by atoms with Crippen LogP contribution in [0.1, 0.15) is 19.6 Å². The smallest absolute Gasteiger partial charge is 0.351 e. The van der Waals surface area contributed by atoms with Gasteiger partial charge in [0.15, 0.2) is 6.23 Å². The molecule has 0 saturated carbocycles. The molecule has 11 heteroatoms. The van der Waals surface area contributed by atoms with E-state index in [9.17, 15) is 19.8 Å². The number of carbonyl (C=O) groups is 1. The molecule has 3 N–H and O–H groups in total. The highest BCUT2D eigenvalue weighted by atomic mass is 16.7. The summed E-state index contributed by atoms with van der Waals surface area (Å²) in [6.07, 6.45) is -2.68. The molecule has 2 heterocycles. The number of hydrogen-bond acceptors (Lipinski definition) is 9. The Bertz CT molecular complexity index is 717. The number of hydrogen-bond donors (Lipinski definition) is 3. The molecular formula is C15H20N4O7. The van der Waals surface area contributed by atoms with Crippen LogP contribution in [0.15, 0.2) is 17.1 Å². The quantitative estimate of drug-likeness (QED) is 0.376. The van der Waals surface area contributed by atoms with E-state index in [0.717, 1.165) is 4.57 Å². The maximum absolute atomic E-state index is 12.2. The van der Waals surface area contributed by atoms with Gasteiger partial charge in [-0.3, -0.25) is 9.36 Å². The summed E-state index contributed by atoms with van der Waals surface area (Å²) in [5.74, 6) is -0.299. The Hall–Kier alpha value is -2.36. The molecule has 1 aliphatic rings. The third kappa shape index (κ3) is 4.84. The van der Waals surface area contributed by atoms with Gasteiger partial charge in [-0.1, -0.05) is 0 Å². The van der Waals surface area contributed by atoms with E-state index in [1.807, 2.05) is 6.07 Å². The van der Waals surface area contributed by atoms with Crippen LogP contribution in [0.3, 0.4) is 0 Å². The van der Waals surface area contributed by atoms with E-state index < -0.39 is 36.8 Å². The third-order valence-electron chi connectivity index (χ3n) is 3.60. The summed E-state index contributed by atoms with van der Waals surface area (Å²) in [5.41, 5.74) is -0.731. The molecule has 0 radical (unpaired) electrons. The molecule has 3 unspecified atom stereocenters. The number of ether oxygens (including phenoxy) is 3. The van der Waals surface area contributed by atoms with Crippen molar-refractivity contribution in [2.24, 2.45) is 0 Å². The first-order valence-electron chi connectivity index (χ1n) is 7.85. The van der Waals surface area contributed by atoms with Crippen LogP contribution in [0, 0.1) is 11.3 Å². The summed E-state index contributed by atoms with van der Waals surface area (Å²) < 4.78 is 17.1. The van der Waals surface area contributed by atoms with E-state index in [-0.39, 0.29) is 31.5 Å². The van der Waals surface area contributed by atoms with Crippen molar-refractivity contribution < 1.29 is 29.2 Å². The van der Waals surface area contributed by atoms with Gasteiger partial charge in [0.1, 0.15) is 30.9 Å². The van der Waals surface area contributed by atoms with E-state index in [4.69, 9.17) is 19.5 Å². The molecule has 0 aliphatic carbocycles. The summed E-state index contributed by atoms with van der Waals surface area (Å²) in [6, 6.07) is 3.30. The van der Waals surface area contributed by atoms with E-state index >= 15 is 0 Å². The molecule has 1 aromatic rings. The molecular weight excluding hydrogens is 348 g/mol. The van der Waals surface area contributed by atoms with Crippen molar-refractivity contribution in [2.45, 2.75) is 37.9 Å². The molecule has 1 fully saturated rings. The number of carbonyl (C=O) groups excluding carboxylic acids is 1. The molecule has 1 aliphatic heterocycles. The van der Waals surface area contributed by atoms with Gasteiger partial charge in [0.05, 0.1) is 25.7 Å². The fourth-order valence-corrected chi connectivity index (χ4v) is 2.43. The van der Waals surface area contributed by atoms with E-state index in [0.29, 0.717) is 0 Å². The molecule has 1 saturated heterocycles. The lowest BCUT2D eigenvalue weighted by Crippen LogP contribution is -2.38. The largest absolute Gasteiger partial charge is 0.394 e. The number of anilines is 1. The first-order valence-corrected chi connectivity index (χ1v) is 7.85. The average molecular weight is 368 g/mol. The number of aliphatic hydroxyl groups is 2. The molecule has 2 rings (SSSR count). The van der Waals surface area contributed by atoms with Crippen LogP contribution in [0.25, 0.3) is 0 Å². The lowest BCUT2D eigenvalue weighted by Gasteiger charge is -2.22. The second-order valence-electron chi connectivity index (χ2n) is 5.49. The van der Waals surface area contributed by atoms with Gasteiger partial charge in [-0.25, -0.2) is 4.79 Å². The topological polar surface area (TPSA) is 156 Å². The van der Waals surface area contributed by atoms with Crippen LogP contribution in [0.2, 0.25) is 0 Å². The van der Waals surface area contributed by atoms with Gasteiger partial charge < -0.3 is 29.7 Å². The van der Waals surface area contributed by atoms with Gasteiger partial charge in [0.2, 0.25) is 5.91 Å². The van der Waals surface area contributed by atoms with Gasteiger partial charge in [0, 0.05) is 13.1 Å². The Kier molecular flexibility index (Phi) is 7.19. The second kappa shape index (κ2) is 9.37. The molecule has 0 spiro atoms. The summed E-state index contributed by atoms with van der Waals surface area (Å²) in [6.45, 7) is 0.736. The molecule has 1 aromatic heterocycles. The lowest BCUT2D eigenvalue weighted by molar-refractivity contribution is -0.139. The van der Waals surface area contributed by atoms with Crippen molar-refractivity contribution in [1.82, 2.24) is 9.55 Å². The summed E-state index contributed by atoms with van der Waals surface area (Å²) in [4.78, 5) is 27.0. The monoisotopic (exact) mass is 368 g/mol. The first-order chi connectivity index (χ1) is 12.5. The number of amides is 1. The number of nitrogens with one attached hydrogen (secondary N) is 1. The minimum atomic E-state index is -1.20. The normalized spacial score (nSPS) is 25.0. The highest BCUT2D eigenvalue weighted by Gasteiger charge is 2.45. The molecule has 1 amide bonds. The number of aliphatic hydroxyl groups excluding tert-OH is 2. The van der Waals surface area contributed by atoms with Gasteiger partial charge >= 0.3 is 5.69 Å². The number of aromatic nitrogens is 2. The van der Waals surface area contributed by atoms with Crippen molar-refractivity contribution in [3.63, 3.8) is 0 Å². The van der Waals surface area contributed by atoms with Crippen LogP contribution in [0.4, 0.5) is 5.82 Å². The van der Waals surface area contributed by atoms with Gasteiger partial charge in [0.25, 0.3) is 0 Å². The summed E-state index contributed by atoms with van der Waals surface area (Å²) in [5, 5.41) is 30.4. The SMILES string of the molecule is CC(=O)Nc1ccn(C2OC(CO)[C@H](O)C2OCOCCC#N)c(=O)n1. The van der Waals surface area contributed by atoms with E-state index in [1.165, 1.54) is 19.2 Å². The van der Waals surface area contributed by atoms with Crippen molar-refractivity contribution in [1.29, 1.82) is 5.26 Å². The Morgan fingerprint density at radius 2 is 2.35 bits per heavy atom. The molecule has 26 heavy (non-hydrogen) atoms.